The number of benzene rings is 2. The standard InChI is InChI=1S/C19H18FN3O/c20-19(11-12-23(14-19)13-15-7-3-1-4-8-15)18-21-17(22-24-18)16-9-5-2-6-10-16/h1-10H,11-14H2. The molecule has 1 aliphatic rings. The van der Waals surface area contributed by atoms with Gasteiger partial charge >= 0.3 is 0 Å². The highest BCUT2D eigenvalue weighted by Gasteiger charge is 2.44. The Balaban J connectivity index is 1.49. The van der Waals surface area contributed by atoms with E-state index in [0.717, 1.165) is 12.1 Å². The zero-order valence-electron chi connectivity index (χ0n) is 13.2. The van der Waals surface area contributed by atoms with Gasteiger partial charge in [0.25, 0.3) is 5.89 Å². The second-order valence-corrected chi connectivity index (χ2v) is 6.20. The van der Waals surface area contributed by atoms with Crippen molar-refractivity contribution in [3.63, 3.8) is 0 Å². The molecule has 1 saturated heterocycles. The van der Waals surface area contributed by atoms with Crippen LogP contribution in [0.3, 0.4) is 0 Å². The van der Waals surface area contributed by atoms with Crippen molar-refractivity contribution in [1.29, 1.82) is 0 Å². The Bertz CT molecular complexity index is 806. The van der Waals surface area contributed by atoms with Crippen LogP contribution in [0.4, 0.5) is 4.39 Å². The van der Waals surface area contributed by atoms with Gasteiger partial charge in [0.2, 0.25) is 11.5 Å². The Morgan fingerprint density at radius 1 is 1.04 bits per heavy atom. The van der Waals surface area contributed by atoms with Crippen LogP contribution >= 0.6 is 0 Å². The Hall–Kier alpha value is -2.53. The SMILES string of the molecule is FC1(c2nc(-c3ccccc3)no2)CCN(Cc2ccccc2)C1. The topological polar surface area (TPSA) is 42.2 Å². The van der Waals surface area contributed by atoms with Gasteiger partial charge in [0.15, 0.2) is 0 Å². The first-order valence-corrected chi connectivity index (χ1v) is 8.08. The lowest BCUT2D eigenvalue weighted by Gasteiger charge is -2.17. The van der Waals surface area contributed by atoms with E-state index in [9.17, 15) is 0 Å². The minimum Gasteiger partial charge on any atom is -0.335 e. The molecule has 1 atom stereocenters. The lowest BCUT2D eigenvalue weighted by Crippen LogP contribution is -2.27. The molecule has 24 heavy (non-hydrogen) atoms. The van der Waals surface area contributed by atoms with Crippen LogP contribution in [0.5, 0.6) is 0 Å². The monoisotopic (exact) mass is 323 g/mol. The van der Waals surface area contributed by atoms with Gasteiger partial charge in [-0.25, -0.2) is 4.39 Å². The summed E-state index contributed by atoms with van der Waals surface area (Å²) in [7, 11) is 0. The van der Waals surface area contributed by atoms with Gasteiger partial charge < -0.3 is 4.52 Å². The summed E-state index contributed by atoms with van der Waals surface area (Å²) in [5.41, 5.74) is 0.432. The summed E-state index contributed by atoms with van der Waals surface area (Å²) in [6.45, 7) is 1.68. The maximum atomic E-state index is 15.3. The molecule has 0 bridgehead atoms. The van der Waals surface area contributed by atoms with Gasteiger partial charge in [-0.3, -0.25) is 4.90 Å². The van der Waals surface area contributed by atoms with Crippen LogP contribution in [0.25, 0.3) is 11.4 Å². The fraction of sp³-hybridized carbons (Fsp3) is 0.263. The number of aromatic nitrogens is 2. The predicted molar refractivity (Wildman–Crippen MR) is 88.9 cm³/mol. The van der Waals surface area contributed by atoms with E-state index in [4.69, 9.17) is 4.52 Å². The molecule has 5 heteroatoms. The van der Waals surface area contributed by atoms with Crippen LogP contribution in [0.2, 0.25) is 0 Å². The summed E-state index contributed by atoms with van der Waals surface area (Å²) in [5, 5.41) is 3.94. The molecule has 2 heterocycles. The van der Waals surface area contributed by atoms with Gasteiger partial charge in [-0.15, -0.1) is 0 Å². The number of halogens is 1. The summed E-state index contributed by atoms with van der Waals surface area (Å²) in [4.78, 5) is 6.38. The maximum absolute atomic E-state index is 15.3. The molecule has 3 aromatic rings. The molecule has 1 aromatic heterocycles. The molecule has 1 unspecified atom stereocenters. The summed E-state index contributed by atoms with van der Waals surface area (Å²) in [6, 6.07) is 19.6. The zero-order chi connectivity index (χ0) is 16.4. The highest BCUT2D eigenvalue weighted by atomic mass is 19.1. The molecule has 122 valence electrons. The minimum absolute atomic E-state index is 0.0805. The Kier molecular flexibility index (Phi) is 3.86. The Morgan fingerprint density at radius 2 is 1.75 bits per heavy atom. The van der Waals surface area contributed by atoms with Crippen molar-refractivity contribution in [3.05, 3.63) is 72.1 Å². The van der Waals surface area contributed by atoms with E-state index in [2.05, 4.69) is 27.2 Å². The first-order chi connectivity index (χ1) is 11.7. The van der Waals surface area contributed by atoms with Crippen molar-refractivity contribution in [1.82, 2.24) is 15.0 Å². The van der Waals surface area contributed by atoms with E-state index in [1.165, 1.54) is 5.56 Å². The second kappa shape index (κ2) is 6.17. The van der Waals surface area contributed by atoms with E-state index in [1.807, 2.05) is 48.5 Å². The van der Waals surface area contributed by atoms with Gasteiger partial charge in [-0.05, 0) is 5.56 Å². The quantitative estimate of drug-likeness (QED) is 0.732. The second-order valence-electron chi connectivity index (χ2n) is 6.20. The largest absolute Gasteiger partial charge is 0.335 e. The number of nitrogens with zero attached hydrogens (tertiary/aromatic N) is 3. The highest BCUT2D eigenvalue weighted by Crippen LogP contribution is 2.36. The van der Waals surface area contributed by atoms with Gasteiger partial charge in [-0.1, -0.05) is 65.8 Å². The normalized spacial score (nSPS) is 21.2. The number of hydrogen-bond acceptors (Lipinski definition) is 4. The first-order valence-electron chi connectivity index (χ1n) is 8.08. The molecule has 0 aliphatic carbocycles. The van der Waals surface area contributed by atoms with Gasteiger partial charge in [0, 0.05) is 31.6 Å². The molecule has 1 aliphatic heterocycles. The molecule has 4 rings (SSSR count). The molecular weight excluding hydrogens is 305 g/mol. The van der Waals surface area contributed by atoms with Crippen molar-refractivity contribution in [2.75, 3.05) is 13.1 Å². The maximum Gasteiger partial charge on any atom is 0.266 e. The molecule has 0 amide bonds. The van der Waals surface area contributed by atoms with Crippen molar-refractivity contribution >= 4 is 0 Å². The van der Waals surface area contributed by atoms with E-state index in [1.54, 1.807) is 0 Å². The van der Waals surface area contributed by atoms with Crippen LogP contribution in [-0.2, 0) is 12.2 Å². The molecule has 2 aromatic carbocycles. The third-order valence-electron chi connectivity index (χ3n) is 4.39. The summed E-state index contributed by atoms with van der Waals surface area (Å²) >= 11 is 0. The van der Waals surface area contributed by atoms with Crippen LogP contribution in [0.15, 0.2) is 65.2 Å². The van der Waals surface area contributed by atoms with Crippen molar-refractivity contribution in [2.45, 2.75) is 18.6 Å². The van der Waals surface area contributed by atoms with E-state index < -0.39 is 5.67 Å². The Morgan fingerprint density at radius 3 is 2.50 bits per heavy atom. The van der Waals surface area contributed by atoms with Crippen molar-refractivity contribution in [2.24, 2.45) is 0 Å². The number of rotatable bonds is 4. The van der Waals surface area contributed by atoms with Crippen LogP contribution in [0, 0.1) is 0 Å². The minimum atomic E-state index is -1.57. The van der Waals surface area contributed by atoms with Crippen molar-refractivity contribution < 1.29 is 8.91 Å². The third-order valence-corrected chi connectivity index (χ3v) is 4.39. The molecule has 0 saturated carbocycles. The fourth-order valence-corrected chi connectivity index (χ4v) is 3.11. The van der Waals surface area contributed by atoms with Gasteiger partial charge in [0.1, 0.15) is 0 Å². The molecule has 0 radical (unpaired) electrons. The van der Waals surface area contributed by atoms with Gasteiger partial charge in [0.05, 0.1) is 0 Å². The highest BCUT2D eigenvalue weighted by molar-refractivity contribution is 5.53. The smallest absolute Gasteiger partial charge is 0.266 e. The lowest BCUT2D eigenvalue weighted by atomic mass is 10.1. The summed E-state index contributed by atoms with van der Waals surface area (Å²) in [5.74, 6) is 0.515. The fourth-order valence-electron chi connectivity index (χ4n) is 3.11. The average molecular weight is 323 g/mol. The van der Waals surface area contributed by atoms with Crippen LogP contribution in [-0.4, -0.2) is 28.1 Å². The van der Waals surface area contributed by atoms with E-state index in [0.29, 0.717) is 18.8 Å². The van der Waals surface area contributed by atoms with Crippen LogP contribution in [0.1, 0.15) is 17.9 Å². The molecular formula is C19H18FN3O. The molecule has 0 N–H and O–H groups in total. The first kappa shape index (κ1) is 15.0. The Labute approximate surface area is 139 Å². The van der Waals surface area contributed by atoms with Gasteiger partial charge in [-0.2, -0.15) is 4.98 Å². The number of alkyl halides is 1. The average Bonchev–Trinajstić information content (AvgIpc) is 3.25. The molecule has 0 spiro atoms. The van der Waals surface area contributed by atoms with E-state index in [-0.39, 0.29) is 12.4 Å². The predicted octanol–water partition coefficient (Wildman–Crippen LogP) is 3.81. The van der Waals surface area contributed by atoms with Crippen LogP contribution < -0.4 is 0 Å². The molecule has 4 nitrogen and oxygen atoms in total. The third kappa shape index (κ3) is 2.95. The number of hydrogen-bond donors (Lipinski definition) is 0. The van der Waals surface area contributed by atoms with E-state index >= 15 is 4.39 Å². The lowest BCUT2D eigenvalue weighted by molar-refractivity contribution is 0.115. The zero-order valence-corrected chi connectivity index (χ0v) is 13.2. The number of likely N-dealkylation sites (tertiary alicyclic amines) is 1. The molecule has 1 fully saturated rings. The summed E-state index contributed by atoms with van der Waals surface area (Å²) in [6.07, 6.45) is 0.371. The van der Waals surface area contributed by atoms with Crippen molar-refractivity contribution in [3.8, 4) is 11.4 Å². The summed E-state index contributed by atoms with van der Waals surface area (Å²) < 4.78 is 20.5.